The molecule has 1 unspecified atom stereocenters. The van der Waals surface area contributed by atoms with Crippen LogP contribution in [-0.2, 0) is 10.2 Å². The van der Waals surface area contributed by atoms with E-state index in [2.05, 4.69) is 0 Å². The highest BCUT2D eigenvalue weighted by Crippen LogP contribution is 2.35. The molecule has 1 aliphatic heterocycles. The monoisotopic (exact) mass is 290 g/mol. The van der Waals surface area contributed by atoms with Crippen LogP contribution in [-0.4, -0.2) is 24.5 Å². The fraction of sp³-hybridized carbons (Fsp3) is 0.571. The highest BCUT2D eigenvalue weighted by Gasteiger charge is 2.35. The SMILES string of the molecule is Fc1cccc(C(CCl)(CCl)CC2CCCO2)c1. The molecule has 100 valence electrons. The summed E-state index contributed by atoms with van der Waals surface area (Å²) in [6, 6.07) is 6.55. The third kappa shape index (κ3) is 2.98. The quantitative estimate of drug-likeness (QED) is 0.742. The molecule has 0 aromatic heterocycles. The summed E-state index contributed by atoms with van der Waals surface area (Å²) < 4.78 is 19.0. The van der Waals surface area contributed by atoms with Crippen molar-refractivity contribution in [2.45, 2.75) is 30.8 Å². The van der Waals surface area contributed by atoms with Gasteiger partial charge in [-0.1, -0.05) is 12.1 Å². The first-order chi connectivity index (χ1) is 8.70. The Hall–Kier alpha value is -0.310. The van der Waals surface area contributed by atoms with Crippen molar-refractivity contribution in [2.24, 2.45) is 0 Å². The van der Waals surface area contributed by atoms with Gasteiger partial charge in [-0.3, -0.25) is 0 Å². The maximum absolute atomic E-state index is 13.4. The normalized spacial score (nSPS) is 20.3. The van der Waals surface area contributed by atoms with Gasteiger partial charge in [0.1, 0.15) is 5.82 Å². The standard InChI is InChI=1S/C14H17Cl2FO/c15-9-14(10-16,8-13-5-2-6-18-13)11-3-1-4-12(17)7-11/h1,3-4,7,13H,2,5-6,8-10H2. The second-order valence-corrected chi connectivity index (χ2v) is 5.43. The van der Waals surface area contributed by atoms with E-state index in [1.165, 1.54) is 12.1 Å². The van der Waals surface area contributed by atoms with Crippen LogP contribution in [0.1, 0.15) is 24.8 Å². The van der Waals surface area contributed by atoms with Crippen molar-refractivity contribution in [2.75, 3.05) is 18.4 Å². The van der Waals surface area contributed by atoms with Crippen LogP contribution in [0.3, 0.4) is 0 Å². The Bertz CT molecular complexity index is 387. The van der Waals surface area contributed by atoms with Gasteiger partial charge in [-0.25, -0.2) is 4.39 Å². The van der Waals surface area contributed by atoms with Crippen molar-refractivity contribution in [1.82, 2.24) is 0 Å². The van der Waals surface area contributed by atoms with Crippen LogP contribution in [0.2, 0.25) is 0 Å². The Morgan fingerprint density at radius 3 is 2.67 bits per heavy atom. The summed E-state index contributed by atoms with van der Waals surface area (Å²) in [6.45, 7) is 0.800. The van der Waals surface area contributed by atoms with Gasteiger partial charge in [0.05, 0.1) is 6.10 Å². The number of ether oxygens (including phenoxy) is 1. The predicted molar refractivity (Wildman–Crippen MR) is 73.1 cm³/mol. The zero-order valence-corrected chi connectivity index (χ0v) is 11.7. The average molecular weight is 291 g/mol. The first-order valence-electron chi connectivity index (χ1n) is 6.20. The van der Waals surface area contributed by atoms with Gasteiger partial charge in [-0.05, 0) is 37.0 Å². The number of hydrogen-bond donors (Lipinski definition) is 0. The second-order valence-electron chi connectivity index (χ2n) is 4.90. The van der Waals surface area contributed by atoms with E-state index < -0.39 is 5.41 Å². The van der Waals surface area contributed by atoms with Crippen molar-refractivity contribution < 1.29 is 9.13 Å². The molecule has 0 bridgehead atoms. The molecule has 18 heavy (non-hydrogen) atoms. The number of halogens is 3. The number of hydrogen-bond acceptors (Lipinski definition) is 1. The van der Waals surface area contributed by atoms with Crippen LogP contribution in [0, 0.1) is 5.82 Å². The van der Waals surface area contributed by atoms with Gasteiger partial charge in [0.2, 0.25) is 0 Å². The van der Waals surface area contributed by atoms with E-state index in [9.17, 15) is 4.39 Å². The molecule has 0 aliphatic carbocycles. The van der Waals surface area contributed by atoms with Crippen LogP contribution in [0.25, 0.3) is 0 Å². The maximum Gasteiger partial charge on any atom is 0.123 e. The molecule has 0 saturated carbocycles. The number of alkyl halides is 2. The summed E-state index contributed by atoms with van der Waals surface area (Å²) in [4.78, 5) is 0. The Labute approximate surface area is 117 Å². The van der Waals surface area contributed by atoms with E-state index in [4.69, 9.17) is 27.9 Å². The van der Waals surface area contributed by atoms with Crippen molar-refractivity contribution in [3.05, 3.63) is 35.6 Å². The van der Waals surface area contributed by atoms with Crippen molar-refractivity contribution in [3.63, 3.8) is 0 Å². The Balaban J connectivity index is 2.24. The molecule has 1 aromatic rings. The molecular formula is C14H17Cl2FO. The Morgan fingerprint density at radius 1 is 1.33 bits per heavy atom. The maximum atomic E-state index is 13.4. The van der Waals surface area contributed by atoms with Crippen LogP contribution in [0.4, 0.5) is 4.39 Å². The van der Waals surface area contributed by atoms with Gasteiger partial charge in [-0.2, -0.15) is 0 Å². The molecule has 1 saturated heterocycles. The van der Waals surface area contributed by atoms with E-state index in [0.29, 0.717) is 11.8 Å². The first-order valence-corrected chi connectivity index (χ1v) is 7.27. The van der Waals surface area contributed by atoms with Crippen LogP contribution in [0.5, 0.6) is 0 Å². The van der Waals surface area contributed by atoms with Gasteiger partial charge in [0.25, 0.3) is 0 Å². The van der Waals surface area contributed by atoms with Crippen LogP contribution < -0.4 is 0 Å². The third-order valence-electron chi connectivity index (χ3n) is 3.59. The van der Waals surface area contributed by atoms with Crippen molar-refractivity contribution >= 4 is 23.2 Å². The molecule has 2 rings (SSSR count). The van der Waals surface area contributed by atoms with E-state index in [-0.39, 0.29) is 11.9 Å². The third-order valence-corrected chi connectivity index (χ3v) is 4.61. The fourth-order valence-electron chi connectivity index (χ4n) is 2.48. The molecule has 1 heterocycles. The van der Waals surface area contributed by atoms with Crippen molar-refractivity contribution in [3.8, 4) is 0 Å². The first kappa shape index (κ1) is 14.1. The molecule has 1 nitrogen and oxygen atoms in total. The Kier molecular flexibility index (Phi) is 4.88. The lowest BCUT2D eigenvalue weighted by molar-refractivity contribution is 0.0884. The minimum atomic E-state index is -0.403. The van der Waals surface area contributed by atoms with Gasteiger partial charge < -0.3 is 4.74 Å². The van der Waals surface area contributed by atoms with E-state index >= 15 is 0 Å². The van der Waals surface area contributed by atoms with Crippen LogP contribution >= 0.6 is 23.2 Å². The molecule has 1 fully saturated rings. The fourth-order valence-corrected chi connectivity index (χ4v) is 3.29. The average Bonchev–Trinajstić information content (AvgIpc) is 2.89. The zero-order chi connectivity index (χ0) is 13.0. The predicted octanol–water partition coefficient (Wildman–Crippen LogP) is 4.11. The number of rotatable bonds is 5. The molecule has 0 radical (unpaired) electrons. The summed E-state index contributed by atoms with van der Waals surface area (Å²) in [5.41, 5.74) is 0.461. The lowest BCUT2D eigenvalue weighted by Gasteiger charge is -2.32. The highest BCUT2D eigenvalue weighted by atomic mass is 35.5. The topological polar surface area (TPSA) is 9.23 Å². The largest absolute Gasteiger partial charge is 0.378 e. The minimum Gasteiger partial charge on any atom is -0.378 e. The summed E-state index contributed by atoms with van der Waals surface area (Å²) in [5, 5.41) is 0. The lowest BCUT2D eigenvalue weighted by atomic mass is 9.79. The smallest absolute Gasteiger partial charge is 0.123 e. The van der Waals surface area contributed by atoms with Crippen molar-refractivity contribution in [1.29, 1.82) is 0 Å². The van der Waals surface area contributed by atoms with Gasteiger partial charge in [0, 0.05) is 23.8 Å². The second kappa shape index (κ2) is 6.23. The summed E-state index contributed by atoms with van der Waals surface area (Å²) in [5.74, 6) is 0.499. The van der Waals surface area contributed by atoms with Crippen LogP contribution in [0.15, 0.2) is 24.3 Å². The van der Waals surface area contributed by atoms with Gasteiger partial charge in [-0.15, -0.1) is 23.2 Å². The molecular weight excluding hydrogens is 274 g/mol. The highest BCUT2D eigenvalue weighted by molar-refractivity contribution is 6.22. The van der Waals surface area contributed by atoms with E-state index in [1.807, 2.05) is 6.07 Å². The van der Waals surface area contributed by atoms with E-state index in [1.54, 1.807) is 6.07 Å². The molecule has 4 heteroatoms. The molecule has 1 atom stereocenters. The molecule has 0 spiro atoms. The molecule has 1 aromatic carbocycles. The Morgan fingerprint density at radius 2 is 2.11 bits per heavy atom. The van der Waals surface area contributed by atoms with Gasteiger partial charge in [0.15, 0.2) is 0 Å². The molecule has 1 aliphatic rings. The summed E-state index contributed by atoms with van der Waals surface area (Å²) >= 11 is 12.3. The minimum absolute atomic E-state index is 0.186. The molecule has 0 amide bonds. The lowest BCUT2D eigenvalue weighted by Crippen LogP contribution is -2.35. The molecule has 0 N–H and O–H groups in total. The van der Waals surface area contributed by atoms with E-state index in [0.717, 1.165) is 31.4 Å². The van der Waals surface area contributed by atoms with Gasteiger partial charge >= 0.3 is 0 Å². The summed E-state index contributed by atoms with van der Waals surface area (Å²) in [7, 11) is 0. The zero-order valence-electron chi connectivity index (χ0n) is 10.2. The number of benzene rings is 1. The summed E-state index contributed by atoms with van der Waals surface area (Å²) in [6.07, 6.45) is 3.05.